The lowest BCUT2D eigenvalue weighted by atomic mass is 10.5. The SMILES string of the molecule is NC(=S)c1ncn(Cc2sccc2Br)n1. The minimum absolute atomic E-state index is 0.221. The molecule has 2 aromatic rings. The van der Waals surface area contributed by atoms with Gasteiger partial charge in [-0.25, -0.2) is 9.67 Å². The number of aromatic nitrogens is 3. The van der Waals surface area contributed by atoms with Gasteiger partial charge in [0, 0.05) is 9.35 Å². The molecule has 0 spiro atoms. The standard InChI is InChI=1S/C8H7BrN4S2/c9-5-1-2-15-6(5)3-13-4-11-8(12-13)7(10)14/h1-2,4H,3H2,(H2,10,14). The number of nitrogens with two attached hydrogens (primary N) is 1. The van der Waals surface area contributed by atoms with Crippen molar-refractivity contribution in [2.75, 3.05) is 0 Å². The van der Waals surface area contributed by atoms with E-state index >= 15 is 0 Å². The third-order valence-corrected chi connectivity index (χ3v) is 3.85. The fourth-order valence-corrected chi connectivity index (χ4v) is 2.63. The van der Waals surface area contributed by atoms with E-state index in [1.807, 2.05) is 11.4 Å². The Morgan fingerprint density at radius 1 is 1.67 bits per heavy atom. The van der Waals surface area contributed by atoms with Gasteiger partial charge in [0.25, 0.3) is 0 Å². The van der Waals surface area contributed by atoms with E-state index in [-0.39, 0.29) is 4.99 Å². The van der Waals surface area contributed by atoms with Crippen molar-refractivity contribution < 1.29 is 0 Å². The van der Waals surface area contributed by atoms with Crippen molar-refractivity contribution in [3.05, 3.63) is 32.9 Å². The van der Waals surface area contributed by atoms with Crippen LogP contribution in [0.5, 0.6) is 0 Å². The zero-order valence-corrected chi connectivity index (χ0v) is 10.8. The average Bonchev–Trinajstić information content (AvgIpc) is 2.77. The van der Waals surface area contributed by atoms with Crippen LogP contribution in [0.3, 0.4) is 0 Å². The maximum Gasteiger partial charge on any atom is 0.208 e. The Morgan fingerprint density at radius 2 is 2.47 bits per heavy atom. The molecule has 2 rings (SSSR count). The summed E-state index contributed by atoms with van der Waals surface area (Å²) < 4.78 is 2.80. The molecule has 0 saturated carbocycles. The first kappa shape index (κ1) is 10.7. The summed E-state index contributed by atoms with van der Waals surface area (Å²) in [6.07, 6.45) is 1.63. The van der Waals surface area contributed by atoms with Gasteiger partial charge in [0.15, 0.2) is 0 Å². The van der Waals surface area contributed by atoms with E-state index in [1.54, 1.807) is 22.3 Å². The van der Waals surface area contributed by atoms with Crippen LogP contribution < -0.4 is 5.73 Å². The molecule has 0 bridgehead atoms. The van der Waals surface area contributed by atoms with Crippen molar-refractivity contribution in [2.24, 2.45) is 5.73 Å². The summed E-state index contributed by atoms with van der Waals surface area (Å²) in [5.74, 6) is 0.415. The van der Waals surface area contributed by atoms with Crippen molar-refractivity contribution in [2.45, 2.75) is 6.54 Å². The van der Waals surface area contributed by atoms with Crippen LogP contribution in [-0.4, -0.2) is 19.8 Å². The van der Waals surface area contributed by atoms with Crippen LogP contribution in [0.4, 0.5) is 0 Å². The highest BCUT2D eigenvalue weighted by atomic mass is 79.9. The first-order valence-electron chi connectivity index (χ1n) is 4.08. The number of thiophene rings is 1. The molecule has 15 heavy (non-hydrogen) atoms. The summed E-state index contributed by atoms with van der Waals surface area (Å²) in [7, 11) is 0. The topological polar surface area (TPSA) is 56.7 Å². The lowest BCUT2D eigenvalue weighted by Crippen LogP contribution is -2.12. The van der Waals surface area contributed by atoms with Gasteiger partial charge in [-0.05, 0) is 27.4 Å². The summed E-state index contributed by atoms with van der Waals surface area (Å²) in [6, 6.07) is 2.01. The molecule has 0 radical (unpaired) electrons. The number of nitrogens with zero attached hydrogens (tertiary/aromatic N) is 3. The molecule has 0 fully saturated rings. The Bertz CT molecular complexity index is 490. The molecule has 0 atom stereocenters. The molecule has 0 unspecified atom stereocenters. The Labute approximate surface area is 104 Å². The third kappa shape index (κ3) is 2.42. The van der Waals surface area contributed by atoms with Gasteiger partial charge in [-0.15, -0.1) is 16.4 Å². The lowest BCUT2D eigenvalue weighted by molar-refractivity contribution is 0.689. The zero-order valence-electron chi connectivity index (χ0n) is 7.55. The van der Waals surface area contributed by atoms with Gasteiger partial charge in [-0.3, -0.25) is 0 Å². The fraction of sp³-hybridized carbons (Fsp3) is 0.125. The van der Waals surface area contributed by atoms with Gasteiger partial charge < -0.3 is 5.73 Å². The molecule has 78 valence electrons. The molecule has 2 heterocycles. The molecule has 4 nitrogen and oxygen atoms in total. The van der Waals surface area contributed by atoms with Crippen molar-refractivity contribution in [1.29, 1.82) is 0 Å². The monoisotopic (exact) mass is 302 g/mol. The molecule has 0 aliphatic rings. The second kappa shape index (κ2) is 4.38. The molecular weight excluding hydrogens is 296 g/mol. The van der Waals surface area contributed by atoms with Gasteiger partial charge >= 0.3 is 0 Å². The summed E-state index contributed by atoms with van der Waals surface area (Å²) in [5.41, 5.74) is 5.42. The minimum Gasteiger partial charge on any atom is -0.387 e. The van der Waals surface area contributed by atoms with Gasteiger partial charge in [-0.2, -0.15) is 0 Å². The quantitative estimate of drug-likeness (QED) is 0.878. The van der Waals surface area contributed by atoms with Crippen LogP contribution in [0.2, 0.25) is 0 Å². The van der Waals surface area contributed by atoms with Crippen LogP contribution in [-0.2, 0) is 6.54 Å². The van der Waals surface area contributed by atoms with Gasteiger partial charge in [0.1, 0.15) is 11.3 Å². The first-order chi connectivity index (χ1) is 7.16. The second-order valence-corrected chi connectivity index (χ2v) is 5.12. The van der Waals surface area contributed by atoms with Gasteiger partial charge in [-0.1, -0.05) is 12.2 Å². The van der Waals surface area contributed by atoms with Crippen molar-refractivity contribution in [3.63, 3.8) is 0 Å². The summed E-state index contributed by atoms with van der Waals surface area (Å²) in [4.78, 5) is 5.41. The maximum absolute atomic E-state index is 5.42. The lowest BCUT2D eigenvalue weighted by Gasteiger charge is -1.97. The molecule has 2 N–H and O–H groups in total. The highest BCUT2D eigenvalue weighted by molar-refractivity contribution is 9.10. The van der Waals surface area contributed by atoms with Gasteiger partial charge in [0.2, 0.25) is 5.82 Å². The number of thiocarbonyl (C=S) groups is 1. The van der Waals surface area contributed by atoms with Crippen molar-refractivity contribution >= 4 is 44.5 Å². The average molecular weight is 303 g/mol. The van der Waals surface area contributed by atoms with E-state index in [0.717, 1.165) is 4.47 Å². The van der Waals surface area contributed by atoms with Crippen LogP contribution in [0.15, 0.2) is 22.2 Å². The summed E-state index contributed by atoms with van der Waals surface area (Å²) in [5, 5.41) is 6.17. The Hall–Kier alpha value is -0.790. The fourth-order valence-electron chi connectivity index (χ4n) is 1.07. The Kier molecular flexibility index (Phi) is 3.13. The van der Waals surface area contributed by atoms with E-state index < -0.39 is 0 Å². The van der Waals surface area contributed by atoms with Crippen LogP contribution in [0.1, 0.15) is 10.7 Å². The Morgan fingerprint density at radius 3 is 3.00 bits per heavy atom. The van der Waals surface area contributed by atoms with E-state index in [1.165, 1.54) is 4.88 Å². The highest BCUT2D eigenvalue weighted by Gasteiger charge is 2.06. The van der Waals surface area contributed by atoms with Crippen molar-refractivity contribution in [1.82, 2.24) is 14.8 Å². The number of rotatable bonds is 3. The van der Waals surface area contributed by atoms with Crippen LogP contribution in [0.25, 0.3) is 0 Å². The van der Waals surface area contributed by atoms with Crippen molar-refractivity contribution in [3.8, 4) is 0 Å². The van der Waals surface area contributed by atoms with E-state index in [2.05, 4.69) is 26.0 Å². The summed E-state index contributed by atoms with van der Waals surface area (Å²) >= 11 is 9.90. The van der Waals surface area contributed by atoms with E-state index in [0.29, 0.717) is 12.4 Å². The zero-order chi connectivity index (χ0) is 10.8. The molecule has 0 aromatic carbocycles. The van der Waals surface area contributed by atoms with E-state index in [4.69, 9.17) is 18.0 Å². The number of hydrogen-bond donors (Lipinski definition) is 1. The smallest absolute Gasteiger partial charge is 0.208 e. The maximum atomic E-state index is 5.42. The Balaban J connectivity index is 2.18. The highest BCUT2D eigenvalue weighted by Crippen LogP contribution is 2.23. The normalized spacial score (nSPS) is 10.5. The van der Waals surface area contributed by atoms with Gasteiger partial charge in [0.05, 0.1) is 6.54 Å². The molecule has 2 aromatic heterocycles. The first-order valence-corrected chi connectivity index (χ1v) is 6.16. The number of halogens is 1. The van der Waals surface area contributed by atoms with Crippen LogP contribution >= 0.6 is 39.5 Å². The third-order valence-electron chi connectivity index (χ3n) is 1.75. The predicted molar refractivity (Wildman–Crippen MR) is 67.0 cm³/mol. The molecular formula is C8H7BrN4S2. The second-order valence-electron chi connectivity index (χ2n) is 2.82. The molecule has 0 aliphatic heterocycles. The van der Waals surface area contributed by atoms with E-state index in [9.17, 15) is 0 Å². The largest absolute Gasteiger partial charge is 0.387 e. The predicted octanol–water partition coefficient (Wildman–Crippen LogP) is 1.78. The summed E-state index contributed by atoms with van der Waals surface area (Å²) in [6.45, 7) is 0.674. The molecule has 0 saturated heterocycles. The number of hydrogen-bond acceptors (Lipinski definition) is 4. The molecule has 7 heteroatoms. The van der Waals surface area contributed by atoms with Crippen LogP contribution in [0, 0.1) is 0 Å². The minimum atomic E-state index is 0.221. The molecule has 0 amide bonds. The molecule has 0 aliphatic carbocycles.